The van der Waals surface area contributed by atoms with E-state index in [0.717, 1.165) is 19.4 Å². The van der Waals surface area contributed by atoms with Crippen molar-refractivity contribution in [2.75, 3.05) is 13.2 Å². The summed E-state index contributed by atoms with van der Waals surface area (Å²) in [6.07, 6.45) is 3.20. The van der Waals surface area contributed by atoms with Crippen molar-refractivity contribution in [3.63, 3.8) is 0 Å². The van der Waals surface area contributed by atoms with Crippen LogP contribution in [0, 0.1) is 0 Å². The summed E-state index contributed by atoms with van der Waals surface area (Å²) in [5.41, 5.74) is -0.141. The molecule has 1 fully saturated rings. The second-order valence-corrected chi connectivity index (χ2v) is 4.05. The zero-order valence-corrected chi connectivity index (χ0v) is 9.28. The van der Waals surface area contributed by atoms with E-state index in [9.17, 15) is 4.79 Å². The minimum absolute atomic E-state index is 0.0629. The van der Waals surface area contributed by atoms with Gasteiger partial charge in [-0.15, -0.1) is 0 Å². The van der Waals surface area contributed by atoms with Crippen molar-refractivity contribution in [2.24, 2.45) is 0 Å². The van der Waals surface area contributed by atoms with Crippen LogP contribution in [0.25, 0.3) is 0 Å². The van der Waals surface area contributed by atoms with Gasteiger partial charge in [-0.25, -0.2) is 14.8 Å². The summed E-state index contributed by atoms with van der Waals surface area (Å²) in [7, 11) is 0. The summed E-state index contributed by atoms with van der Waals surface area (Å²) in [4.78, 5) is 18.9. The molecular formula is C10H11ClN2O3. The van der Waals surface area contributed by atoms with Gasteiger partial charge in [0.05, 0.1) is 17.8 Å². The van der Waals surface area contributed by atoms with Gasteiger partial charge in [-0.05, 0) is 12.8 Å². The molecule has 1 aliphatic rings. The van der Waals surface area contributed by atoms with E-state index in [1.54, 1.807) is 0 Å². The van der Waals surface area contributed by atoms with E-state index in [1.807, 2.05) is 0 Å². The molecule has 1 aromatic rings. The molecule has 5 nitrogen and oxygen atoms in total. The number of rotatable bonds is 2. The third-order valence-corrected chi connectivity index (χ3v) is 2.77. The highest BCUT2D eigenvalue weighted by Crippen LogP contribution is 2.24. The molecule has 0 radical (unpaired) electrons. The Morgan fingerprint density at radius 3 is 3.06 bits per heavy atom. The SMILES string of the molecule is O=C(O)c1nc(C2CCCOC2)ncc1Cl. The highest BCUT2D eigenvalue weighted by Gasteiger charge is 2.21. The number of hydrogen-bond acceptors (Lipinski definition) is 4. The number of carboxylic acid groups (broad SMARTS) is 1. The van der Waals surface area contributed by atoms with Crippen LogP contribution in [-0.4, -0.2) is 34.3 Å². The molecular weight excluding hydrogens is 232 g/mol. The van der Waals surface area contributed by atoms with E-state index in [1.165, 1.54) is 6.20 Å². The van der Waals surface area contributed by atoms with Gasteiger partial charge in [0, 0.05) is 12.5 Å². The zero-order chi connectivity index (χ0) is 11.5. The van der Waals surface area contributed by atoms with Crippen LogP contribution in [0.4, 0.5) is 0 Å². The minimum Gasteiger partial charge on any atom is -0.476 e. The van der Waals surface area contributed by atoms with E-state index >= 15 is 0 Å². The maximum atomic E-state index is 10.9. The third-order valence-electron chi connectivity index (χ3n) is 2.49. The normalized spacial score (nSPS) is 20.7. The molecule has 0 amide bonds. The van der Waals surface area contributed by atoms with E-state index in [4.69, 9.17) is 21.4 Å². The van der Waals surface area contributed by atoms with Gasteiger partial charge in [-0.1, -0.05) is 11.6 Å². The van der Waals surface area contributed by atoms with Crippen LogP contribution >= 0.6 is 11.6 Å². The summed E-state index contributed by atoms with van der Waals surface area (Å²) in [6, 6.07) is 0. The average Bonchev–Trinajstić information content (AvgIpc) is 2.30. The molecule has 0 spiro atoms. The van der Waals surface area contributed by atoms with Crippen LogP contribution in [0.15, 0.2) is 6.20 Å². The van der Waals surface area contributed by atoms with Gasteiger partial charge in [0.1, 0.15) is 5.82 Å². The molecule has 1 saturated heterocycles. The van der Waals surface area contributed by atoms with Crippen molar-refractivity contribution >= 4 is 17.6 Å². The van der Waals surface area contributed by atoms with E-state index in [2.05, 4.69) is 9.97 Å². The second kappa shape index (κ2) is 4.76. The molecule has 1 aromatic heterocycles. The fourth-order valence-corrected chi connectivity index (χ4v) is 1.84. The van der Waals surface area contributed by atoms with Crippen molar-refractivity contribution in [2.45, 2.75) is 18.8 Å². The molecule has 0 aliphatic carbocycles. The summed E-state index contributed by atoms with van der Waals surface area (Å²) in [6.45, 7) is 1.29. The number of nitrogens with zero attached hydrogens (tertiary/aromatic N) is 2. The zero-order valence-electron chi connectivity index (χ0n) is 8.52. The van der Waals surface area contributed by atoms with Crippen LogP contribution < -0.4 is 0 Å². The quantitative estimate of drug-likeness (QED) is 0.855. The Hall–Kier alpha value is -1.20. The summed E-state index contributed by atoms with van der Waals surface area (Å²) < 4.78 is 5.31. The number of aromatic carboxylic acids is 1. The maximum absolute atomic E-state index is 10.9. The lowest BCUT2D eigenvalue weighted by Crippen LogP contribution is -2.19. The molecule has 16 heavy (non-hydrogen) atoms. The second-order valence-electron chi connectivity index (χ2n) is 3.64. The first kappa shape index (κ1) is 11.3. The molecule has 2 rings (SSSR count). The van der Waals surface area contributed by atoms with Crippen molar-refractivity contribution in [3.05, 3.63) is 22.7 Å². The number of carbonyl (C=O) groups is 1. The molecule has 2 heterocycles. The Balaban J connectivity index is 2.27. The lowest BCUT2D eigenvalue weighted by Gasteiger charge is -2.20. The Morgan fingerprint density at radius 2 is 2.44 bits per heavy atom. The predicted molar refractivity (Wildman–Crippen MR) is 56.8 cm³/mol. The molecule has 0 saturated carbocycles. The summed E-state index contributed by atoms with van der Waals surface area (Å²) in [5, 5.41) is 8.95. The fourth-order valence-electron chi connectivity index (χ4n) is 1.67. The first-order valence-electron chi connectivity index (χ1n) is 5.02. The van der Waals surface area contributed by atoms with Crippen LogP contribution in [0.1, 0.15) is 35.1 Å². The highest BCUT2D eigenvalue weighted by atomic mass is 35.5. The van der Waals surface area contributed by atoms with Gasteiger partial charge >= 0.3 is 5.97 Å². The van der Waals surface area contributed by atoms with Crippen LogP contribution in [0.2, 0.25) is 5.02 Å². The number of halogens is 1. The topological polar surface area (TPSA) is 72.3 Å². The average molecular weight is 243 g/mol. The van der Waals surface area contributed by atoms with Crippen LogP contribution in [-0.2, 0) is 4.74 Å². The van der Waals surface area contributed by atoms with Gasteiger partial charge in [0.25, 0.3) is 0 Å². The molecule has 0 aromatic carbocycles. The molecule has 0 bridgehead atoms. The molecule has 86 valence electrons. The number of carboxylic acids is 1. The largest absolute Gasteiger partial charge is 0.476 e. The third kappa shape index (κ3) is 2.31. The highest BCUT2D eigenvalue weighted by molar-refractivity contribution is 6.33. The van der Waals surface area contributed by atoms with Crippen LogP contribution in [0.5, 0.6) is 0 Å². The lowest BCUT2D eigenvalue weighted by molar-refractivity contribution is 0.0683. The fraction of sp³-hybridized carbons (Fsp3) is 0.500. The van der Waals surface area contributed by atoms with Crippen LogP contribution in [0.3, 0.4) is 0 Å². The standard InChI is InChI=1S/C10H11ClN2O3/c11-7-4-12-9(13-8(7)10(14)15)6-2-1-3-16-5-6/h4,6H,1-3,5H2,(H,14,15). The Bertz CT molecular complexity index is 405. The molecule has 6 heteroatoms. The van der Waals surface area contributed by atoms with Crippen molar-refractivity contribution < 1.29 is 14.6 Å². The van der Waals surface area contributed by atoms with E-state index < -0.39 is 5.97 Å². The maximum Gasteiger partial charge on any atom is 0.356 e. The van der Waals surface area contributed by atoms with Gasteiger partial charge in [0.2, 0.25) is 0 Å². The molecule has 1 unspecified atom stereocenters. The first-order valence-corrected chi connectivity index (χ1v) is 5.39. The smallest absolute Gasteiger partial charge is 0.356 e. The predicted octanol–water partition coefficient (Wildman–Crippen LogP) is 1.72. The molecule has 1 N–H and O–H groups in total. The van der Waals surface area contributed by atoms with Crippen molar-refractivity contribution in [1.29, 1.82) is 0 Å². The van der Waals surface area contributed by atoms with Crippen molar-refractivity contribution in [1.82, 2.24) is 9.97 Å². The molecule has 1 aliphatic heterocycles. The first-order chi connectivity index (χ1) is 7.68. The monoisotopic (exact) mass is 242 g/mol. The minimum atomic E-state index is -1.13. The number of ether oxygens (including phenoxy) is 1. The summed E-state index contributed by atoms with van der Waals surface area (Å²) in [5.74, 6) is -0.559. The van der Waals surface area contributed by atoms with E-state index in [0.29, 0.717) is 12.4 Å². The van der Waals surface area contributed by atoms with Crippen molar-refractivity contribution in [3.8, 4) is 0 Å². The van der Waals surface area contributed by atoms with Gasteiger partial charge in [0.15, 0.2) is 5.69 Å². The molecule has 1 atom stereocenters. The lowest BCUT2D eigenvalue weighted by atomic mass is 10.0. The van der Waals surface area contributed by atoms with Gasteiger partial charge < -0.3 is 9.84 Å². The Morgan fingerprint density at radius 1 is 1.62 bits per heavy atom. The van der Waals surface area contributed by atoms with Gasteiger partial charge in [-0.2, -0.15) is 0 Å². The number of hydrogen-bond donors (Lipinski definition) is 1. The Labute approximate surface area is 97.4 Å². The Kier molecular flexibility index (Phi) is 3.36. The number of aromatic nitrogens is 2. The summed E-state index contributed by atoms with van der Waals surface area (Å²) >= 11 is 5.69. The van der Waals surface area contributed by atoms with Gasteiger partial charge in [-0.3, -0.25) is 0 Å². The van der Waals surface area contributed by atoms with E-state index in [-0.39, 0.29) is 16.6 Å².